The van der Waals surface area contributed by atoms with Crippen LogP contribution in [0.25, 0.3) is 11.5 Å². The van der Waals surface area contributed by atoms with Crippen LogP contribution in [0.1, 0.15) is 22.2 Å². The summed E-state index contributed by atoms with van der Waals surface area (Å²) in [6, 6.07) is 6.96. The number of benzene rings is 1. The minimum Gasteiger partial charge on any atom is -0.366 e. The van der Waals surface area contributed by atoms with Gasteiger partial charge in [0.2, 0.25) is 5.91 Å². The van der Waals surface area contributed by atoms with Crippen LogP contribution < -0.4 is 11.1 Å². The third-order valence-electron chi connectivity index (χ3n) is 3.64. The van der Waals surface area contributed by atoms with Crippen molar-refractivity contribution in [2.24, 2.45) is 5.73 Å². The largest absolute Gasteiger partial charge is 0.366 e. The number of piperazine rings is 1. The van der Waals surface area contributed by atoms with Gasteiger partial charge in [-0.1, -0.05) is 11.2 Å². The number of rotatable bonds is 3. The van der Waals surface area contributed by atoms with E-state index >= 15 is 0 Å². The highest BCUT2D eigenvalue weighted by molar-refractivity contribution is 5.93. The van der Waals surface area contributed by atoms with Crippen LogP contribution >= 0.6 is 12.4 Å². The summed E-state index contributed by atoms with van der Waals surface area (Å²) in [7, 11) is 2.04. The second-order valence-corrected chi connectivity index (χ2v) is 5.10. The zero-order valence-corrected chi connectivity index (χ0v) is 13.0. The molecule has 0 aliphatic carbocycles. The monoisotopic (exact) mass is 323 g/mol. The first-order chi connectivity index (χ1) is 10.1. The molecule has 22 heavy (non-hydrogen) atoms. The Bertz CT molecular complexity index is 660. The van der Waals surface area contributed by atoms with Gasteiger partial charge < -0.3 is 15.6 Å². The number of nitrogens with zero attached hydrogens (tertiary/aromatic N) is 3. The highest BCUT2D eigenvalue weighted by atomic mass is 35.5. The van der Waals surface area contributed by atoms with Gasteiger partial charge in [0.25, 0.3) is 5.89 Å². The van der Waals surface area contributed by atoms with Crippen molar-refractivity contribution < 1.29 is 9.32 Å². The smallest absolute Gasteiger partial charge is 0.258 e. The molecule has 1 saturated heterocycles. The van der Waals surface area contributed by atoms with Crippen molar-refractivity contribution in [1.29, 1.82) is 0 Å². The number of hydrogen-bond acceptors (Lipinski definition) is 6. The molecule has 2 heterocycles. The van der Waals surface area contributed by atoms with Crippen LogP contribution in [0.4, 0.5) is 0 Å². The molecule has 1 aromatic carbocycles. The lowest BCUT2D eigenvalue weighted by Gasteiger charge is -2.30. The zero-order valence-electron chi connectivity index (χ0n) is 12.2. The lowest BCUT2D eigenvalue weighted by atomic mass is 10.1. The van der Waals surface area contributed by atoms with E-state index < -0.39 is 5.91 Å². The van der Waals surface area contributed by atoms with Gasteiger partial charge in [-0.25, -0.2) is 0 Å². The molecule has 2 aromatic rings. The summed E-state index contributed by atoms with van der Waals surface area (Å²) < 4.78 is 5.32. The molecule has 1 amide bonds. The maximum Gasteiger partial charge on any atom is 0.258 e. The third-order valence-corrected chi connectivity index (χ3v) is 3.64. The maximum atomic E-state index is 11.2. The first kappa shape index (κ1) is 16.4. The molecule has 1 atom stereocenters. The molecule has 118 valence electrons. The predicted molar refractivity (Wildman–Crippen MR) is 83.7 cm³/mol. The van der Waals surface area contributed by atoms with Gasteiger partial charge in [0, 0.05) is 30.8 Å². The van der Waals surface area contributed by atoms with Gasteiger partial charge in [0.15, 0.2) is 5.82 Å². The number of aromatic nitrogens is 2. The normalized spacial score (nSPS) is 18.7. The van der Waals surface area contributed by atoms with Crippen LogP contribution in [0.15, 0.2) is 28.8 Å². The molecule has 1 unspecified atom stereocenters. The van der Waals surface area contributed by atoms with Crippen molar-refractivity contribution in [3.05, 3.63) is 35.7 Å². The van der Waals surface area contributed by atoms with E-state index in [1.165, 1.54) is 0 Å². The van der Waals surface area contributed by atoms with E-state index in [1.807, 2.05) is 13.1 Å². The zero-order chi connectivity index (χ0) is 14.8. The lowest BCUT2D eigenvalue weighted by Crippen LogP contribution is -2.44. The number of likely N-dealkylation sites (N-methyl/N-ethyl adjacent to an activating group) is 1. The minimum atomic E-state index is -0.479. The Kier molecular flexibility index (Phi) is 5.12. The molecular weight excluding hydrogens is 306 g/mol. The van der Waals surface area contributed by atoms with E-state index in [-0.39, 0.29) is 18.4 Å². The molecule has 0 spiro atoms. The fraction of sp³-hybridized carbons (Fsp3) is 0.357. The van der Waals surface area contributed by atoms with Gasteiger partial charge in [-0.3, -0.25) is 9.69 Å². The first-order valence-corrected chi connectivity index (χ1v) is 6.80. The van der Waals surface area contributed by atoms with Crippen molar-refractivity contribution in [2.45, 2.75) is 6.04 Å². The fourth-order valence-electron chi connectivity index (χ4n) is 2.39. The molecule has 3 N–H and O–H groups in total. The second kappa shape index (κ2) is 6.87. The summed E-state index contributed by atoms with van der Waals surface area (Å²) in [5, 5.41) is 7.37. The van der Waals surface area contributed by atoms with Gasteiger partial charge in [0.05, 0.1) is 6.04 Å². The van der Waals surface area contributed by atoms with Crippen LogP contribution in [0.2, 0.25) is 0 Å². The molecule has 1 aliphatic heterocycles. The first-order valence-electron chi connectivity index (χ1n) is 6.80. The Morgan fingerprint density at radius 2 is 2.32 bits per heavy atom. The number of halogens is 1. The molecule has 0 bridgehead atoms. The van der Waals surface area contributed by atoms with Gasteiger partial charge in [0.1, 0.15) is 0 Å². The van der Waals surface area contributed by atoms with Crippen molar-refractivity contribution >= 4 is 18.3 Å². The SMILES string of the molecule is CN1CCNCC1c1noc(-c2cccc(C(N)=O)c2)n1.Cl. The van der Waals surface area contributed by atoms with E-state index in [2.05, 4.69) is 20.4 Å². The van der Waals surface area contributed by atoms with E-state index in [0.717, 1.165) is 19.6 Å². The Morgan fingerprint density at radius 1 is 1.50 bits per heavy atom. The molecule has 0 radical (unpaired) electrons. The van der Waals surface area contributed by atoms with Gasteiger partial charge in [-0.2, -0.15) is 4.98 Å². The Labute approximate surface area is 134 Å². The lowest BCUT2D eigenvalue weighted by molar-refractivity contribution is 0.100. The maximum absolute atomic E-state index is 11.2. The quantitative estimate of drug-likeness (QED) is 0.868. The van der Waals surface area contributed by atoms with E-state index in [1.54, 1.807) is 18.2 Å². The summed E-state index contributed by atoms with van der Waals surface area (Å²) in [5.74, 6) is 0.559. The van der Waals surface area contributed by atoms with E-state index in [0.29, 0.717) is 22.8 Å². The summed E-state index contributed by atoms with van der Waals surface area (Å²) in [6.07, 6.45) is 0. The summed E-state index contributed by atoms with van der Waals surface area (Å²) >= 11 is 0. The Hall–Kier alpha value is -1.96. The topological polar surface area (TPSA) is 97.3 Å². The van der Waals surface area contributed by atoms with E-state index in [9.17, 15) is 4.79 Å². The molecule has 8 heteroatoms. The van der Waals surface area contributed by atoms with Crippen LogP contribution in [-0.4, -0.2) is 47.6 Å². The van der Waals surface area contributed by atoms with E-state index in [4.69, 9.17) is 10.3 Å². The molecule has 3 rings (SSSR count). The highest BCUT2D eigenvalue weighted by Gasteiger charge is 2.25. The minimum absolute atomic E-state index is 0. The summed E-state index contributed by atoms with van der Waals surface area (Å²) in [4.78, 5) is 17.8. The number of hydrogen-bond donors (Lipinski definition) is 2. The number of nitrogens with two attached hydrogens (primary N) is 1. The highest BCUT2D eigenvalue weighted by Crippen LogP contribution is 2.23. The predicted octanol–water partition coefficient (Wildman–Crippen LogP) is 0.833. The second-order valence-electron chi connectivity index (χ2n) is 5.10. The number of amides is 1. The molecule has 1 aromatic heterocycles. The fourth-order valence-corrected chi connectivity index (χ4v) is 2.39. The average molecular weight is 324 g/mol. The van der Waals surface area contributed by atoms with Gasteiger partial charge in [-0.15, -0.1) is 12.4 Å². The Balaban J connectivity index is 0.00000176. The molecule has 7 nitrogen and oxygen atoms in total. The van der Waals surface area contributed by atoms with Crippen molar-refractivity contribution in [1.82, 2.24) is 20.4 Å². The standard InChI is InChI=1S/C14H17N5O2.ClH/c1-19-6-5-16-8-11(19)13-17-14(21-18-13)10-4-2-3-9(7-10)12(15)20;/h2-4,7,11,16H,5-6,8H2,1H3,(H2,15,20);1H. The van der Waals surface area contributed by atoms with Crippen LogP contribution in [0.3, 0.4) is 0 Å². The van der Waals surface area contributed by atoms with Crippen LogP contribution in [-0.2, 0) is 0 Å². The third kappa shape index (κ3) is 3.27. The number of carbonyl (C=O) groups is 1. The number of primary amides is 1. The van der Waals surface area contributed by atoms with Crippen LogP contribution in [0.5, 0.6) is 0 Å². The van der Waals surface area contributed by atoms with Crippen molar-refractivity contribution in [3.63, 3.8) is 0 Å². The molecule has 0 saturated carbocycles. The van der Waals surface area contributed by atoms with Gasteiger partial charge in [-0.05, 0) is 25.2 Å². The number of carbonyl (C=O) groups excluding carboxylic acids is 1. The van der Waals surface area contributed by atoms with Crippen molar-refractivity contribution in [2.75, 3.05) is 26.7 Å². The summed E-state index contributed by atoms with van der Waals surface area (Å²) in [6.45, 7) is 2.68. The number of nitrogens with one attached hydrogen (secondary N) is 1. The molecule has 1 fully saturated rings. The molecule has 1 aliphatic rings. The van der Waals surface area contributed by atoms with Crippen LogP contribution in [0, 0.1) is 0 Å². The Morgan fingerprint density at radius 3 is 3.05 bits per heavy atom. The summed E-state index contributed by atoms with van der Waals surface area (Å²) in [5.41, 5.74) is 6.39. The van der Waals surface area contributed by atoms with Crippen molar-refractivity contribution in [3.8, 4) is 11.5 Å². The van der Waals surface area contributed by atoms with Gasteiger partial charge >= 0.3 is 0 Å². The average Bonchev–Trinajstić information content (AvgIpc) is 2.97. The molecular formula is C14H18ClN5O2.